The van der Waals surface area contributed by atoms with Crippen LogP contribution in [0.3, 0.4) is 0 Å². The van der Waals surface area contributed by atoms with Crippen LogP contribution in [0.15, 0.2) is 0 Å². The van der Waals surface area contributed by atoms with Crippen molar-refractivity contribution in [1.82, 2.24) is 15.5 Å². The molecule has 3 N–H and O–H groups in total. The van der Waals surface area contributed by atoms with E-state index in [0.717, 1.165) is 4.90 Å². The molecule has 0 heterocycles. The average Bonchev–Trinajstić information content (AvgIpc) is 2.24. The zero-order valence-electron chi connectivity index (χ0n) is 13.0. The van der Waals surface area contributed by atoms with Crippen LogP contribution in [0.2, 0.25) is 0 Å². The molecule has 0 bridgehead atoms. The van der Waals surface area contributed by atoms with Gasteiger partial charge in [-0.1, -0.05) is 0 Å². The van der Waals surface area contributed by atoms with Crippen LogP contribution in [-0.4, -0.2) is 52.6 Å². The summed E-state index contributed by atoms with van der Waals surface area (Å²) >= 11 is 0. The van der Waals surface area contributed by atoms with Crippen LogP contribution in [0.25, 0.3) is 0 Å². The maximum Gasteiger partial charge on any atom is 0.329 e. The predicted octanol–water partition coefficient (Wildman–Crippen LogP) is 0.796. The number of amides is 3. The summed E-state index contributed by atoms with van der Waals surface area (Å²) in [5.41, 5.74) is -1.62. The van der Waals surface area contributed by atoms with E-state index in [1.165, 1.54) is 20.9 Å². The van der Waals surface area contributed by atoms with E-state index in [1.807, 2.05) is 20.8 Å². The van der Waals surface area contributed by atoms with Gasteiger partial charge < -0.3 is 20.6 Å². The fraction of sp³-hybridized carbons (Fsp3) is 0.769. The molecular formula is C13H25N3O4. The van der Waals surface area contributed by atoms with E-state index in [2.05, 4.69) is 10.6 Å². The second-order valence-electron chi connectivity index (χ2n) is 6.20. The minimum absolute atomic E-state index is 0.143. The molecule has 0 aromatic heterocycles. The molecule has 0 rings (SSSR count). The Morgan fingerprint density at radius 1 is 1.10 bits per heavy atom. The summed E-state index contributed by atoms with van der Waals surface area (Å²) in [6, 6.07) is -0.527. The zero-order chi connectivity index (χ0) is 16.1. The molecule has 0 unspecified atom stereocenters. The predicted molar refractivity (Wildman–Crippen MR) is 75.4 cm³/mol. The lowest BCUT2D eigenvalue weighted by atomic mass is 10.1. The van der Waals surface area contributed by atoms with Gasteiger partial charge in [-0.3, -0.25) is 4.79 Å². The Bertz CT molecular complexity index is 386. The summed E-state index contributed by atoms with van der Waals surface area (Å²) in [5.74, 6) is -1.27. The van der Waals surface area contributed by atoms with Gasteiger partial charge >= 0.3 is 12.0 Å². The normalized spacial score (nSPS) is 11.7. The molecule has 7 nitrogen and oxygen atoms in total. The maximum atomic E-state index is 11.8. The largest absolute Gasteiger partial charge is 0.480 e. The number of likely N-dealkylation sites (N-methyl/N-ethyl adjacent to an activating group) is 1. The van der Waals surface area contributed by atoms with E-state index in [9.17, 15) is 14.4 Å². The molecule has 0 aromatic rings. The number of carboxylic acid groups (broad SMARTS) is 1. The monoisotopic (exact) mass is 287 g/mol. The smallest absolute Gasteiger partial charge is 0.329 e. The van der Waals surface area contributed by atoms with Crippen LogP contribution in [0.4, 0.5) is 4.79 Å². The number of nitrogens with zero attached hydrogens (tertiary/aromatic N) is 1. The first kappa shape index (κ1) is 18.2. The van der Waals surface area contributed by atoms with Crippen LogP contribution in [0.1, 0.15) is 41.0 Å². The lowest BCUT2D eigenvalue weighted by Crippen LogP contribution is -2.54. The van der Waals surface area contributed by atoms with Crippen molar-refractivity contribution in [2.24, 2.45) is 0 Å². The standard InChI is InChI=1S/C13H25N3O4/c1-12(2,3)15-9(17)7-8-14-11(20)16(6)13(4,5)10(18)19/h7-8H2,1-6H3,(H,14,20)(H,15,17)(H,18,19). The summed E-state index contributed by atoms with van der Waals surface area (Å²) in [5, 5.41) is 14.3. The third-order valence-electron chi connectivity index (χ3n) is 2.81. The number of hydrogen-bond acceptors (Lipinski definition) is 3. The molecule has 0 aliphatic carbocycles. The van der Waals surface area contributed by atoms with Gasteiger partial charge in [-0.15, -0.1) is 0 Å². The van der Waals surface area contributed by atoms with Gasteiger partial charge in [-0.05, 0) is 34.6 Å². The van der Waals surface area contributed by atoms with E-state index in [-0.39, 0.29) is 24.4 Å². The highest BCUT2D eigenvalue weighted by Gasteiger charge is 2.35. The van der Waals surface area contributed by atoms with E-state index in [4.69, 9.17) is 5.11 Å². The van der Waals surface area contributed by atoms with Crippen LogP contribution in [0, 0.1) is 0 Å². The van der Waals surface area contributed by atoms with Gasteiger partial charge in [0.05, 0.1) is 0 Å². The fourth-order valence-electron chi connectivity index (χ4n) is 1.28. The highest BCUT2D eigenvalue weighted by molar-refractivity contribution is 5.85. The van der Waals surface area contributed by atoms with E-state index < -0.39 is 17.5 Å². The van der Waals surface area contributed by atoms with Gasteiger partial charge in [0.1, 0.15) is 5.54 Å². The number of carboxylic acids is 1. The Kier molecular flexibility index (Phi) is 5.99. The lowest BCUT2D eigenvalue weighted by molar-refractivity contribution is -0.147. The second kappa shape index (κ2) is 6.58. The minimum atomic E-state index is -1.31. The van der Waals surface area contributed by atoms with Crippen molar-refractivity contribution in [3.8, 4) is 0 Å². The second-order valence-corrected chi connectivity index (χ2v) is 6.20. The van der Waals surface area contributed by atoms with Gasteiger partial charge in [0.25, 0.3) is 0 Å². The molecule has 0 radical (unpaired) electrons. The van der Waals surface area contributed by atoms with Crippen molar-refractivity contribution in [3.05, 3.63) is 0 Å². The third-order valence-corrected chi connectivity index (χ3v) is 2.81. The lowest BCUT2D eigenvalue weighted by Gasteiger charge is -2.31. The fourth-order valence-corrected chi connectivity index (χ4v) is 1.28. The number of carbonyl (C=O) groups is 3. The summed E-state index contributed by atoms with van der Waals surface area (Å²) < 4.78 is 0. The molecule has 20 heavy (non-hydrogen) atoms. The first-order chi connectivity index (χ1) is 8.88. The summed E-state index contributed by atoms with van der Waals surface area (Å²) in [6.07, 6.45) is 0.143. The summed E-state index contributed by atoms with van der Waals surface area (Å²) in [4.78, 5) is 35.4. The van der Waals surface area contributed by atoms with E-state index in [0.29, 0.717) is 0 Å². The Morgan fingerprint density at radius 2 is 1.60 bits per heavy atom. The molecule has 116 valence electrons. The van der Waals surface area contributed by atoms with Gasteiger partial charge in [0.2, 0.25) is 5.91 Å². The number of urea groups is 1. The van der Waals surface area contributed by atoms with Crippen LogP contribution in [-0.2, 0) is 9.59 Å². The quantitative estimate of drug-likeness (QED) is 0.696. The van der Waals surface area contributed by atoms with Gasteiger partial charge in [-0.25, -0.2) is 9.59 Å². The first-order valence-corrected chi connectivity index (χ1v) is 6.44. The topological polar surface area (TPSA) is 98.7 Å². The minimum Gasteiger partial charge on any atom is -0.480 e. The van der Waals surface area contributed by atoms with Crippen molar-refractivity contribution >= 4 is 17.9 Å². The van der Waals surface area contributed by atoms with Gasteiger partial charge in [0, 0.05) is 25.6 Å². The molecule has 0 saturated carbocycles. The van der Waals surface area contributed by atoms with Gasteiger partial charge in [0.15, 0.2) is 0 Å². The third kappa shape index (κ3) is 5.90. The highest BCUT2D eigenvalue weighted by Crippen LogP contribution is 2.12. The Balaban J connectivity index is 4.25. The molecule has 0 atom stereocenters. The number of aliphatic carboxylic acids is 1. The number of carbonyl (C=O) groups excluding carboxylic acids is 2. The average molecular weight is 287 g/mol. The number of rotatable bonds is 5. The molecule has 7 heteroatoms. The summed E-state index contributed by atoms with van der Waals surface area (Å²) in [6.45, 7) is 8.62. The van der Waals surface area contributed by atoms with Gasteiger partial charge in [-0.2, -0.15) is 0 Å². The van der Waals surface area contributed by atoms with Crippen molar-refractivity contribution < 1.29 is 19.5 Å². The number of hydrogen-bond donors (Lipinski definition) is 3. The van der Waals surface area contributed by atoms with Crippen molar-refractivity contribution in [1.29, 1.82) is 0 Å². The molecule has 0 spiro atoms. The van der Waals surface area contributed by atoms with Crippen molar-refractivity contribution in [2.45, 2.75) is 52.1 Å². The Hall–Kier alpha value is -1.79. The zero-order valence-corrected chi connectivity index (χ0v) is 13.0. The SMILES string of the molecule is CN(C(=O)NCCC(=O)NC(C)(C)C)C(C)(C)C(=O)O. The van der Waals surface area contributed by atoms with Crippen molar-refractivity contribution in [3.63, 3.8) is 0 Å². The molecule has 3 amide bonds. The molecule has 0 aromatic carbocycles. The molecule has 0 aliphatic heterocycles. The molecule has 0 saturated heterocycles. The van der Waals surface area contributed by atoms with Crippen molar-refractivity contribution in [2.75, 3.05) is 13.6 Å². The molecule has 0 aliphatic rings. The van der Waals surface area contributed by atoms with Crippen LogP contribution < -0.4 is 10.6 Å². The van der Waals surface area contributed by atoms with Crippen LogP contribution in [0.5, 0.6) is 0 Å². The molecular weight excluding hydrogens is 262 g/mol. The molecule has 0 fully saturated rings. The first-order valence-electron chi connectivity index (χ1n) is 6.44. The number of nitrogens with one attached hydrogen (secondary N) is 2. The summed E-state index contributed by atoms with van der Waals surface area (Å²) in [7, 11) is 1.40. The van der Waals surface area contributed by atoms with E-state index in [1.54, 1.807) is 0 Å². The maximum absolute atomic E-state index is 11.8. The Morgan fingerprint density at radius 3 is 2.00 bits per heavy atom. The Labute approximate surface area is 119 Å². The van der Waals surface area contributed by atoms with Crippen LogP contribution >= 0.6 is 0 Å². The highest BCUT2D eigenvalue weighted by atomic mass is 16.4. The van der Waals surface area contributed by atoms with E-state index >= 15 is 0 Å².